The van der Waals surface area contributed by atoms with Crippen LogP contribution in [0.15, 0.2) is 30.3 Å². The Kier molecular flexibility index (Phi) is 4.20. The van der Waals surface area contributed by atoms with Gasteiger partial charge in [0.15, 0.2) is 0 Å². The van der Waals surface area contributed by atoms with E-state index in [9.17, 15) is 4.79 Å². The van der Waals surface area contributed by atoms with Crippen molar-refractivity contribution in [1.82, 2.24) is 4.90 Å². The van der Waals surface area contributed by atoms with Crippen molar-refractivity contribution in [3.8, 4) is 0 Å². The van der Waals surface area contributed by atoms with E-state index < -0.39 is 5.97 Å². The van der Waals surface area contributed by atoms with Crippen molar-refractivity contribution >= 4 is 11.7 Å². The standard InChI is InChI=1S/C14H20N2O2/c1-2-13(14(17)18)16-10-8-15(9-11-16)12-6-4-3-5-7-12/h3-7,13H,2,8-11H2,1H3,(H,17,18)/t13-/m0/s1. The van der Waals surface area contributed by atoms with Gasteiger partial charge in [-0.25, -0.2) is 0 Å². The first-order chi connectivity index (χ1) is 8.72. The zero-order valence-electron chi connectivity index (χ0n) is 10.7. The number of carboxylic acid groups (broad SMARTS) is 1. The van der Waals surface area contributed by atoms with Crippen LogP contribution in [-0.4, -0.2) is 48.2 Å². The Morgan fingerprint density at radius 2 is 1.83 bits per heavy atom. The Morgan fingerprint density at radius 3 is 2.33 bits per heavy atom. The molecule has 1 fully saturated rings. The fourth-order valence-corrected chi connectivity index (χ4v) is 2.52. The first kappa shape index (κ1) is 12.9. The summed E-state index contributed by atoms with van der Waals surface area (Å²) in [5.41, 5.74) is 1.22. The van der Waals surface area contributed by atoms with Crippen molar-refractivity contribution in [1.29, 1.82) is 0 Å². The lowest BCUT2D eigenvalue weighted by molar-refractivity contribution is -0.143. The van der Waals surface area contributed by atoms with Gasteiger partial charge in [0.25, 0.3) is 0 Å². The molecule has 1 aromatic carbocycles. The number of benzene rings is 1. The number of hydrogen-bond donors (Lipinski definition) is 1. The molecule has 1 N–H and O–H groups in total. The fraction of sp³-hybridized carbons (Fsp3) is 0.500. The summed E-state index contributed by atoms with van der Waals surface area (Å²) >= 11 is 0. The van der Waals surface area contributed by atoms with Crippen LogP contribution in [0, 0.1) is 0 Å². The Labute approximate surface area is 108 Å². The van der Waals surface area contributed by atoms with E-state index in [1.54, 1.807) is 0 Å². The maximum absolute atomic E-state index is 11.1. The highest BCUT2D eigenvalue weighted by molar-refractivity contribution is 5.73. The molecule has 0 radical (unpaired) electrons. The van der Waals surface area contributed by atoms with E-state index in [-0.39, 0.29) is 6.04 Å². The van der Waals surface area contributed by atoms with Crippen LogP contribution in [-0.2, 0) is 4.79 Å². The molecule has 1 heterocycles. The van der Waals surface area contributed by atoms with E-state index >= 15 is 0 Å². The Bertz CT molecular complexity index is 386. The Hall–Kier alpha value is -1.55. The number of carboxylic acids is 1. The number of hydrogen-bond acceptors (Lipinski definition) is 3. The van der Waals surface area contributed by atoms with Gasteiger partial charge >= 0.3 is 5.97 Å². The van der Waals surface area contributed by atoms with Crippen molar-refractivity contribution in [2.24, 2.45) is 0 Å². The molecular weight excluding hydrogens is 228 g/mol. The van der Waals surface area contributed by atoms with Gasteiger partial charge in [0.2, 0.25) is 0 Å². The lowest BCUT2D eigenvalue weighted by Gasteiger charge is -2.38. The molecule has 0 spiro atoms. The SMILES string of the molecule is CC[C@@H](C(=O)O)N1CCN(c2ccccc2)CC1. The third-order valence-electron chi connectivity index (χ3n) is 3.55. The second kappa shape index (κ2) is 5.87. The number of piperazine rings is 1. The van der Waals surface area contributed by atoms with Gasteiger partial charge in [-0.3, -0.25) is 9.69 Å². The molecule has 0 saturated carbocycles. The largest absolute Gasteiger partial charge is 0.480 e. The van der Waals surface area contributed by atoms with Crippen LogP contribution in [0.25, 0.3) is 0 Å². The maximum atomic E-state index is 11.1. The van der Waals surface area contributed by atoms with Crippen molar-refractivity contribution < 1.29 is 9.90 Å². The summed E-state index contributed by atoms with van der Waals surface area (Å²) in [7, 11) is 0. The van der Waals surface area contributed by atoms with Gasteiger partial charge in [-0.15, -0.1) is 0 Å². The molecule has 0 bridgehead atoms. The molecule has 0 aromatic heterocycles. The number of carbonyl (C=O) groups is 1. The van der Waals surface area contributed by atoms with Gasteiger partial charge in [-0.05, 0) is 18.6 Å². The first-order valence-electron chi connectivity index (χ1n) is 6.49. The Morgan fingerprint density at radius 1 is 1.22 bits per heavy atom. The molecule has 1 saturated heterocycles. The molecule has 0 unspecified atom stereocenters. The molecule has 4 heteroatoms. The highest BCUT2D eigenvalue weighted by Crippen LogP contribution is 2.17. The molecule has 0 aliphatic carbocycles. The summed E-state index contributed by atoms with van der Waals surface area (Å²) in [4.78, 5) is 15.5. The van der Waals surface area contributed by atoms with Crippen LogP contribution in [0.3, 0.4) is 0 Å². The number of nitrogens with zero attached hydrogens (tertiary/aromatic N) is 2. The summed E-state index contributed by atoms with van der Waals surface area (Å²) in [5, 5.41) is 9.15. The van der Waals surface area contributed by atoms with Gasteiger partial charge in [0.1, 0.15) is 6.04 Å². The summed E-state index contributed by atoms with van der Waals surface area (Å²) < 4.78 is 0. The van der Waals surface area contributed by atoms with Gasteiger partial charge in [0.05, 0.1) is 0 Å². The van der Waals surface area contributed by atoms with Crippen molar-refractivity contribution in [2.75, 3.05) is 31.1 Å². The summed E-state index contributed by atoms with van der Waals surface area (Å²) in [6.45, 7) is 5.36. The van der Waals surface area contributed by atoms with Gasteiger partial charge in [-0.1, -0.05) is 25.1 Å². The second-order valence-electron chi connectivity index (χ2n) is 4.62. The normalized spacial score (nSPS) is 18.6. The topological polar surface area (TPSA) is 43.8 Å². The highest BCUT2D eigenvalue weighted by atomic mass is 16.4. The third-order valence-corrected chi connectivity index (χ3v) is 3.55. The minimum Gasteiger partial charge on any atom is -0.480 e. The fourth-order valence-electron chi connectivity index (χ4n) is 2.52. The van der Waals surface area contributed by atoms with E-state index in [4.69, 9.17) is 5.11 Å². The quantitative estimate of drug-likeness (QED) is 0.880. The molecule has 1 aliphatic heterocycles. The molecule has 18 heavy (non-hydrogen) atoms. The number of para-hydroxylation sites is 1. The highest BCUT2D eigenvalue weighted by Gasteiger charge is 2.27. The molecular formula is C14H20N2O2. The van der Waals surface area contributed by atoms with E-state index in [2.05, 4.69) is 21.9 Å². The molecule has 1 atom stereocenters. The van der Waals surface area contributed by atoms with Gasteiger partial charge in [0, 0.05) is 31.9 Å². The predicted octanol–water partition coefficient (Wildman–Crippen LogP) is 1.67. The third kappa shape index (κ3) is 2.82. The van der Waals surface area contributed by atoms with Gasteiger partial charge in [-0.2, -0.15) is 0 Å². The van der Waals surface area contributed by atoms with E-state index in [0.29, 0.717) is 6.42 Å². The van der Waals surface area contributed by atoms with Crippen molar-refractivity contribution in [3.05, 3.63) is 30.3 Å². The summed E-state index contributed by atoms with van der Waals surface area (Å²) in [6.07, 6.45) is 0.667. The van der Waals surface area contributed by atoms with E-state index in [1.165, 1.54) is 5.69 Å². The molecule has 1 aliphatic rings. The van der Waals surface area contributed by atoms with Crippen LogP contribution in [0.4, 0.5) is 5.69 Å². The van der Waals surface area contributed by atoms with Crippen LogP contribution < -0.4 is 4.90 Å². The first-order valence-corrected chi connectivity index (χ1v) is 6.49. The lowest BCUT2D eigenvalue weighted by atomic mass is 10.1. The average molecular weight is 248 g/mol. The van der Waals surface area contributed by atoms with Crippen molar-refractivity contribution in [2.45, 2.75) is 19.4 Å². The molecule has 0 amide bonds. The molecule has 1 aromatic rings. The van der Waals surface area contributed by atoms with Gasteiger partial charge < -0.3 is 10.0 Å². The summed E-state index contributed by atoms with van der Waals surface area (Å²) in [6, 6.07) is 9.95. The number of anilines is 1. The van der Waals surface area contributed by atoms with E-state index in [0.717, 1.165) is 26.2 Å². The maximum Gasteiger partial charge on any atom is 0.320 e. The average Bonchev–Trinajstić information content (AvgIpc) is 2.41. The smallest absolute Gasteiger partial charge is 0.320 e. The lowest BCUT2D eigenvalue weighted by Crippen LogP contribution is -2.52. The Balaban J connectivity index is 1.94. The number of aliphatic carboxylic acids is 1. The second-order valence-corrected chi connectivity index (χ2v) is 4.62. The van der Waals surface area contributed by atoms with Crippen LogP contribution >= 0.6 is 0 Å². The minimum atomic E-state index is -0.703. The zero-order valence-corrected chi connectivity index (χ0v) is 10.7. The van der Waals surface area contributed by atoms with E-state index in [1.807, 2.05) is 25.1 Å². The summed E-state index contributed by atoms with van der Waals surface area (Å²) in [5.74, 6) is -0.703. The predicted molar refractivity (Wildman–Crippen MR) is 71.9 cm³/mol. The molecule has 4 nitrogen and oxygen atoms in total. The number of rotatable bonds is 4. The van der Waals surface area contributed by atoms with Crippen molar-refractivity contribution in [3.63, 3.8) is 0 Å². The minimum absolute atomic E-state index is 0.331. The van der Waals surface area contributed by atoms with Crippen LogP contribution in [0.1, 0.15) is 13.3 Å². The molecule has 98 valence electrons. The van der Waals surface area contributed by atoms with Crippen LogP contribution in [0.5, 0.6) is 0 Å². The zero-order chi connectivity index (χ0) is 13.0. The monoisotopic (exact) mass is 248 g/mol. The molecule has 2 rings (SSSR count). The van der Waals surface area contributed by atoms with Crippen LogP contribution in [0.2, 0.25) is 0 Å².